The fraction of sp³-hybridized carbons (Fsp3) is 0.647. The van der Waals surface area contributed by atoms with Crippen LogP contribution in [0.4, 0.5) is 4.39 Å². The molecule has 1 aliphatic carbocycles. The lowest BCUT2D eigenvalue weighted by atomic mass is 9.85. The Balaban J connectivity index is 1.89. The van der Waals surface area contributed by atoms with Gasteiger partial charge >= 0.3 is 0 Å². The zero-order valence-electron chi connectivity index (χ0n) is 13.8. The van der Waals surface area contributed by atoms with Crippen LogP contribution in [0, 0.1) is 18.7 Å². The van der Waals surface area contributed by atoms with E-state index in [2.05, 4.69) is 0 Å². The molecule has 0 spiro atoms. The van der Waals surface area contributed by atoms with Gasteiger partial charge in [-0.15, -0.1) is 0 Å². The van der Waals surface area contributed by atoms with Gasteiger partial charge in [0.25, 0.3) is 0 Å². The van der Waals surface area contributed by atoms with Crippen LogP contribution in [-0.4, -0.2) is 38.5 Å². The fourth-order valence-electron chi connectivity index (χ4n) is 3.22. The van der Waals surface area contributed by atoms with E-state index < -0.39 is 15.8 Å². The molecule has 2 aliphatic rings. The standard InChI is InChI=1S/C17H23ClFNO3S/c1-12-8-17(15(18)9-16(12)19)24(21,22)20(10-13-4-2-5-13)11-14-6-3-7-23-14/h8-9,13-14H,2-7,10-11H2,1H3. The number of nitrogens with zero attached hydrogens (tertiary/aromatic N) is 1. The highest BCUT2D eigenvalue weighted by Crippen LogP contribution is 2.32. The van der Waals surface area contributed by atoms with Gasteiger partial charge in [0, 0.05) is 19.7 Å². The highest BCUT2D eigenvalue weighted by atomic mass is 35.5. The molecule has 0 amide bonds. The minimum absolute atomic E-state index is 0.0135. The maximum atomic E-state index is 13.6. The third kappa shape index (κ3) is 3.77. The Morgan fingerprint density at radius 2 is 2.00 bits per heavy atom. The van der Waals surface area contributed by atoms with Crippen LogP contribution in [0.25, 0.3) is 0 Å². The number of halogens is 2. The first kappa shape index (κ1) is 18.1. The molecule has 1 atom stereocenters. The average Bonchev–Trinajstić information content (AvgIpc) is 2.98. The van der Waals surface area contributed by atoms with Crippen LogP contribution in [0.2, 0.25) is 5.02 Å². The van der Waals surface area contributed by atoms with E-state index in [0.717, 1.165) is 38.2 Å². The molecule has 1 heterocycles. The summed E-state index contributed by atoms with van der Waals surface area (Å²) in [5, 5.41) is -0.0657. The first-order valence-corrected chi connectivity index (χ1v) is 10.3. The first-order chi connectivity index (χ1) is 11.4. The summed E-state index contributed by atoms with van der Waals surface area (Å²) < 4.78 is 47.0. The van der Waals surface area contributed by atoms with Crippen molar-refractivity contribution < 1.29 is 17.5 Å². The molecule has 2 fully saturated rings. The van der Waals surface area contributed by atoms with E-state index in [1.54, 1.807) is 6.92 Å². The number of aryl methyl sites for hydroxylation is 1. The zero-order chi connectivity index (χ0) is 17.3. The van der Waals surface area contributed by atoms with E-state index in [0.29, 0.717) is 25.6 Å². The minimum atomic E-state index is -3.78. The van der Waals surface area contributed by atoms with E-state index >= 15 is 0 Å². The van der Waals surface area contributed by atoms with Crippen LogP contribution in [0.3, 0.4) is 0 Å². The van der Waals surface area contributed by atoms with Crippen LogP contribution < -0.4 is 0 Å². The Labute approximate surface area is 148 Å². The molecule has 7 heteroatoms. The Morgan fingerprint density at radius 1 is 1.25 bits per heavy atom. The maximum absolute atomic E-state index is 13.6. The summed E-state index contributed by atoms with van der Waals surface area (Å²) in [7, 11) is -3.78. The van der Waals surface area contributed by atoms with Gasteiger partial charge in [-0.1, -0.05) is 18.0 Å². The van der Waals surface area contributed by atoms with Crippen molar-refractivity contribution in [2.75, 3.05) is 19.7 Å². The molecule has 1 saturated carbocycles. The van der Waals surface area contributed by atoms with E-state index in [9.17, 15) is 12.8 Å². The molecule has 1 saturated heterocycles. The second-order valence-corrected chi connectivity index (χ2v) is 9.10. The van der Waals surface area contributed by atoms with Crippen molar-refractivity contribution in [2.45, 2.75) is 50.0 Å². The van der Waals surface area contributed by atoms with Gasteiger partial charge < -0.3 is 4.74 Å². The van der Waals surface area contributed by atoms with Gasteiger partial charge in [-0.2, -0.15) is 4.31 Å². The van der Waals surface area contributed by atoms with Crippen molar-refractivity contribution in [1.29, 1.82) is 0 Å². The second kappa shape index (κ2) is 7.28. The van der Waals surface area contributed by atoms with Crippen molar-refractivity contribution in [1.82, 2.24) is 4.31 Å². The molecule has 24 heavy (non-hydrogen) atoms. The fourth-order valence-corrected chi connectivity index (χ4v) is 5.34. The smallest absolute Gasteiger partial charge is 0.244 e. The van der Waals surface area contributed by atoms with E-state index in [-0.39, 0.29) is 21.6 Å². The van der Waals surface area contributed by atoms with Gasteiger partial charge in [0.2, 0.25) is 10.0 Å². The van der Waals surface area contributed by atoms with E-state index in [1.165, 1.54) is 10.4 Å². The average molecular weight is 376 g/mol. The van der Waals surface area contributed by atoms with Crippen LogP contribution >= 0.6 is 11.6 Å². The van der Waals surface area contributed by atoms with Gasteiger partial charge in [-0.25, -0.2) is 12.8 Å². The molecule has 0 aromatic heterocycles. The minimum Gasteiger partial charge on any atom is -0.377 e. The molecular formula is C17H23ClFNO3S. The Kier molecular flexibility index (Phi) is 5.49. The van der Waals surface area contributed by atoms with Crippen molar-refractivity contribution in [3.05, 3.63) is 28.5 Å². The summed E-state index contributed by atoms with van der Waals surface area (Å²) >= 11 is 6.05. The van der Waals surface area contributed by atoms with Crippen LogP contribution in [0.5, 0.6) is 0 Å². The number of hydrogen-bond acceptors (Lipinski definition) is 3. The molecule has 134 valence electrons. The molecule has 1 unspecified atom stereocenters. The van der Waals surface area contributed by atoms with Crippen molar-refractivity contribution in [2.24, 2.45) is 5.92 Å². The normalized spacial score (nSPS) is 22.1. The van der Waals surface area contributed by atoms with Crippen molar-refractivity contribution in [3.63, 3.8) is 0 Å². The van der Waals surface area contributed by atoms with Gasteiger partial charge in [0.15, 0.2) is 0 Å². The molecule has 0 N–H and O–H groups in total. The monoisotopic (exact) mass is 375 g/mol. The number of sulfonamides is 1. The predicted octanol–water partition coefficient (Wildman–Crippen LogP) is 3.76. The maximum Gasteiger partial charge on any atom is 0.244 e. The topological polar surface area (TPSA) is 46.6 Å². The van der Waals surface area contributed by atoms with E-state index in [4.69, 9.17) is 16.3 Å². The number of rotatable bonds is 6. The summed E-state index contributed by atoms with van der Waals surface area (Å²) in [6.07, 6.45) is 5.00. The summed E-state index contributed by atoms with van der Waals surface area (Å²) in [4.78, 5) is -0.0135. The molecule has 0 radical (unpaired) electrons. The molecule has 0 bridgehead atoms. The molecule has 1 aromatic rings. The number of ether oxygens (including phenoxy) is 1. The third-order valence-corrected chi connectivity index (χ3v) is 7.25. The molecule has 1 aliphatic heterocycles. The summed E-state index contributed by atoms with van der Waals surface area (Å²) in [5.74, 6) is -0.106. The summed E-state index contributed by atoms with van der Waals surface area (Å²) in [6, 6.07) is 2.41. The largest absolute Gasteiger partial charge is 0.377 e. The van der Waals surface area contributed by atoms with Gasteiger partial charge in [0.1, 0.15) is 10.7 Å². The van der Waals surface area contributed by atoms with Gasteiger partial charge in [-0.05, 0) is 56.2 Å². The highest BCUT2D eigenvalue weighted by molar-refractivity contribution is 7.89. The van der Waals surface area contributed by atoms with Gasteiger partial charge in [-0.3, -0.25) is 0 Å². The summed E-state index contributed by atoms with van der Waals surface area (Å²) in [6.45, 7) is 3.04. The van der Waals surface area contributed by atoms with Crippen molar-refractivity contribution >= 4 is 21.6 Å². The first-order valence-electron chi connectivity index (χ1n) is 8.45. The molecule has 1 aromatic carbocycles. The molecular weight excluding hydrogens is 353 g/mol. The highest BCUT2D eigenvalue weighted by Gasteiger charge is 2.34. The quantitative estimate of drug-likeness (QED) is 0.760. The lowest BCUT2D eigenvalue weighted by Gasteiger charge is -2.33. The lowest BCUT2D eigenvalue weighted by Crippen LogP contribution is -2.41. The Hall–Kier alpha value is -0.690. The second-order valence-electron chi connectivity index (χ2n) is 6.79. The van der Waals surface area contributed by atoms with Crippen LogP contribution in [0.1, 0.15) is 37.7 Å². The van der Waals surface area contributed by atoms with Gasteiger partial charge in [0.05, 0.1) is 11.1 Å². The Bertz CT molecular complexity index is 700. The Morgan fingerprint density at radius 3 is 2.58 bits per heavy atom. The van der Waals surface area contributed by atoms with E-state index in [1.807, 2.05) is 0 Å². The van der Waals surface area contributed by atoms with Crippen LogP contribution in [-0.2, 0) is 14.8 Å². The molecule has 3 rings (SSSR count). The number of hydrogen-bond donors (Lipinski definition) is 0. The predicted molar refractivity (Wildman–Crippen MR) is 91.2 cm³/mol. The SMILES string of the molecule is Cc1cc(S(=O)(=O)N(CC2CCC2)CC2CCCO2)c(Cl)cc1F. The zero-order valence-corrected chi connectivity index (χ0v) is 15.4. The molecule has 4 nitrogen and oxygen atoms in total. The van der Waals surface area contributed by atoms with Crippen LogP contribution in [0.15, 0.2) is 17.0 Å². The summed E-state index contributed by atoms with van der Waals surface area (Å²) in [5.41, 5.74) is 0.277. The third-order valence-electron chi connectivity index (χ3n) is 4.95. The number of benzene rings is 1. The lowest BCUT2D eigenvalue weighted by molar-refractivity contribution is 0.0872. The van der Waals surface area contributed by atoms with Crippen molar-refractivity contribution in [3.8, 4) is 0 Å².